The van der Waals surface area contributed by atoms with Gasteiger partial charge in [0.2, 0.25) is 6.79 Å². The number of benzene rings is 1. The molecule has 0 bridgehead atoms. The van der Waals surface area contributed by atoms with Crippen molar-refractivity contribution in [3.05, 3.63) is 18.2 Å². The molecule has 0 spiro atoms. The van der Waals surface area contributed by atoms with Gasteiger partial charge in [-0.1, -0.05) is 0 Å². The highest BCUT2D eigenvalue weighted by Crippen LogP contribution is 2.35. The third kappa shape index (κ3) is 2.38. The van der Waals surface area contributed by atoms with Crippen LogP contribution in [0.3, 0.4) is 0 Å². The van der Waals surface area contributed by atoms with E-state index >= 15 is 0 Å². The highest BCUT2D eigenvalue weighted by atomic mass is 16.7. The van der Waals surface area contributed by atoms with Gasteiger partial charge in [0.25, 0.3) is 0 Å². The van der Waals surface area contributed by atoms with Gasteiger partial charge in [-0.3, -0.25) is 0 Å². The molecule has 4 heteroatoms. The van der Waals surface area contributed by atoms with Crippen molar-refractivity contribution in [2.75, 3.05) is 38.4 Å². The molecular weight excluding hydrogens is 228 g/mol. The number of rotatable bonds is 3. The average molecular weight is 248 g/mol. The summed E-state index contributed by atoms with van der Waals surface area (Å²) >= 11 is 0. The van der Waals surface area contributed by atoms with Gasteiger partial charge in [-0.2, -0.15) is 0 Å². The maximum Gasteiger partial charge on any atom is 0.231 e. The fourth-order valence-corrected chi connectivity index (χ4v) is 2.70. The van der Waals surface area contributed by atoms with Crippen LogP contribution in [-0.2, 0) is 0 Å². The van der Waals surface area contributed by atoms with Crippen molar-refractivity contribution in [2.45, 2.75) is 12.8 Å². The molecule has 98 valence electrons. The first-order valence-electron chi connectivity index (χ1n) is 6.64. The maximum absolute atomic E-state index is 5.42. The molecule has 1 aromatic rings. The standard InChI is InChI=1S/C14H20N2O2/c1-16(9-11-3-2-6-15-8-11)12-4-5-13-14(7-12)18-10-17-13/h4-5,7,11,15H,2-3,6,8-10H2,1H3. The molecule has 18 heavy (non-hydrogen) atoms. The van der Waals surface area contributed by atoms with Crippen LogP contribution in [0.5, 0.6) is 11.5 Å². The molecule has 0 radical (unpaired) electrons. The summed E-state index contributed by atoms with van der Waals surface area (Å²) < 4.78 is 10.8. The largest absolute Gasteiger partial charge is 0.454 e. The Balaban J connectivity index is 1.66. The molecular formula is C14H20N2O2. The van der Waals surface area contributed by atoms with Crippen LogP contribution in [-0.4, -0.2) is 33.5 Å². The number of piperidine rings is 1. The topological polar surface area (TPSA) is 33.7 Å². The summed E-state index contributed by atoms with van der Waals surface area (Å²) in [5.74, 6) is 2.46. The molecule has 1 aromatic carbocycles. The van der Waals surface area contributed by atoms with E-state index in [1.165, 1.54) is 25.1 Å². The van der Waals surface area contributed by atoms with Crippen LogP contribution in [0, 0.1) is 5.92 Å². The lowest BCUT2D eigenvalue weighted by Gasteiger charge is -2.29. The summed E-state index contributed by atoms with van der Waals surface area (Å²) in [5, 5.41) is 3.46. The van der Waals surface area contributed by atoms with Gasteiger partial charge in [-0.25, -0.2) is 0 Å². The van der Waals surface area contributed by atoms with E-state index in [0.29, 0.717) is 6.79 Å². The monoisotopic (exact) mass is 248 g/mol. The summed E-state index contributed by atoms with van der Waals surface area (Å²) in [6, 6.07) is 6.16. The molecule has 4 nitrogen and oxygen atoms in total. The van der Waals surface area contributed by atoms with Gasteiger partial charge in [0.15, 0.2) is 11.5 Å². The van der Waals surface area contributed by atoms with Crippen LogP contribution in [0.2, 0.25) is 0 Å². The number of anilines is 1. The van der Waals surface area contributed by atoms with Crippen LogP contribution in [0.25, 0.3) is 0 Å². The Bertz CT molecular complexity index is 416. The van der Waals surface area contributed by atoms with E-state index < -0.39 is 0 Å². The van der Waals surface area contributed by atoms with E-state index in [-0.39, 0.29) is 0 Å². The van der Waals surface area contributed by atoms with Gasteiger partial charge < -0.3 is 19.7 Å². The molecule has 2 aliphatic rings. The van der Waals surface area contributed by atoms with E-state index in [9.17, 15) is 0 Å². The lowest BCUT2D eigenvalue weighted by atomic mass is 9.99. The second-order valence-corrected chi connectivity index (χ2v) is 5.13. The van der Waals surface area contributed by atoms with Crippen molar-refractivity contribution < 1.29 is 9.47 Å². The molecule has 1 unspecified atom stereocenters. The van der Waals surface area contributed by atoms with E-state index in [1.807, 2.05) is 6.07 Å². The zero-order valence-electron chi connectivity index (χ0n) is 10.8. The Morgan fingerprint density at radius 3 is 3.06 bits per heavy atom. The van der Waals surface area contributed by atoms with Gasteiger partial charge in [0, 0.05) is 25.3 Å². The van der Waals surface area contributed by atoms with Crippen LogP contribution in [0.4, 0.5) is 5.69 Å². The Labute approximate surface area is 108 Å². The number of fused-ring (bicyclic) bond motifs is 1. The fraction of sp³-hybridized carbons (Fsp3) is 0.571. The summed E-state index contributed by atoms with van der Waals surface area (Å²) in [7, 11) is 2.14. The maximum atomic E-state index is 5.42. The molecule has 1 fully saturated rings. The van der Waals surface area contributed by atoms with Crippen molar-refractivity contribution in [1.82, 2.24) is 5.32 Å². The first-order valence-corrected chi connectivity index (χ1v) is 6.64. The first kappa shape index (κ1) is 11.7. The molecule has 1 N–H and O–H groups in total. The smallest absolute Gasteiger partial charge is 0.231 e. The fourth-order valence-electron chi connectivity index (χ4n) is 2.70. The SMILES string of the molecule is CN(CC1CCCNC1)c1ccc2c(c1)OCO2. The molecule has 0 amide bonds. The van der Waals surface area contributed by atoms with Gasteiger partial charge >= 0.3 is 0 Å². The van der Waals surface area contributed by atoms with Gasteiger partial charge in [-0.05, 0) is 44.0 Å². The van der Waals surface area contributed by atoms with Crippen LogP contribution < -0.4 is 19.7 Å². The van der Waals surface area contributed by atoms with E-state index in [1.54, 1.807) is 0 Å². The number of nitrogens with one attached hydrogen (secondary N) is 1. The Morgan fingerprint density at radius 1 is 1.33 bits per heavy atom. The molecule has 0 aliphatic carbocycles. The molecule has 0 aromatic heterocycles. The van der Waals surface area contributed by atoms with Crippen LogP contribution in [0.15, 0.2) is 18.2 Å². The third-order valence-electron chi connectivity index (χ3n) is 3.73. The zero-order valence-corrected chi connectivity index (χ0v) is 10.8. The minimum atomic E-state index is 0.342. The highest BCUT2D eigenvalue weighted by molar-refractivity contribution is 5.56. The molecule has 2 aliphatic heterocycles. The van der Waals surface area contributed by atoms with E-state index in [0.717, 1.165) is 30.5 Å². The first-order chi connectivity index (χ1) is 8.83. The molecule has 1 saturated heterocycles. The van der Waals surface area contributed by atoms with E-state index in [2.05, 4.69) is 29.4 Å². The minimum Gasteiger partial charge on any atom is -0.454 e. The lowest BCUT2D eigenvalue weighted by Crippen LogP contribution is -2.36. The van der Waals surface area contributed by atoms with Crippen molar-refractivity contribution >= 4 is 5.69 Å². The second-order valence-electron chi connectivity index (χ2n) is 5.13. The minimum absolute atomic E-state index is 0.342. The second kappa shape index (κ2) is 5.06. The van der Waals surface area contributed by atoms with Crippen molar-refractivity contribution in [3.8, 4) is 11.5 Å². The molecule has 1 atom stereocenters. The van der Waals surface area contributed by atoms with Crippen LogP contribution >= 0.6 is 0 Å². The summed E-state index contributed by atoms with van der Waals surface area (Å²) in [4.78, 5) is 2.31. The number of ether oxygens (including phenoxy) is 2. The Hall–Kier alpha value is -1.42. The van der Waals surface area contributed by atoms with Crippen LogP contribution in [0.1, 0.15) is 12.8 Å². The van der Waals surface area contributed by atoms with Gasteiger partial charge in [-0.15, -0.1) is 0 Å². The summed E-state index contributed by atoms with van der Waals surface area (Å²) in [5.41, 5.74) is 1.20. The quantitative estimate of drug-likeness (QED) is 0.885. The molecule has 0 saturated carbocycles. The highest BCUT2D eigenvalue weighted by Gasteiger charge is 2.18. The van der Waals surface area contributed by atoms with Gasteiger partial charge in [0.05, 0.1) is 0 Å². The van der Waals surface area contributed by atoms with E-state index in [4.69, 9.17) is 9.47 Å². The number of nitrogens with zero attached hydrogens (tertiary/aromatic N) is 1. The third-order valence-corrected chi connectivity index (χ3v) is 3.73. The summed E-state index contributed by atoms with van der Waals surface area (Å²) in [6.45, 7) is 3.74. The Morgan fingerprint density at radius 2 is 2.22 bits per heavy atom. The lowest BCUT2D eigenvalue weighted by molar-refractivity contribution is 0.174. The number of hydrogen-bond donors (Lipinski definition) is 1. The van der Waals surface area contributed by atoms with Crippen molar-refractivity contribution in [3.63, 3.8) is 0 Å². The normalized spacial score (nSPS) is 21.9. The average Bonchev–Trinajstić information content (AvgIpc) is 2.87. The molecule has 3 rings (SSSR count). The summed E-state index contributed by atoms with van der Waals surface area (Å²) in [6.07, 6.45) is 2.61. The van der Waals surface area contributed by atoms with Gasteiger partial charge in [0.1, 0.15) is 0 Å². The predicted molar refractivity (Wildman–Crippen MR) is 71.4 cm³/mol. The zero-order chi connectivity index (χ0) is 12.4. The Kier molecular flexibility index (Phi) is 3.28. The van der Waals surface area contributed by atoms with Crippen molar-refractivity contribution in [1.29, 1.82) is 0 Å². The van der Waals surface area contributed by atoms with Crippen molar-refractivity contribution in [2.24, 2.45) is 5.92 Å². The molecule has 2 heterocycles. The number of hydrogen-bond acceptors (Lipinski definition) is 4. The predicted octanol–water partition coefficient (Wildman–Crippen LogP) is 1.85.